The van der Waals surface area contributed by atoms with Crippen molar-refractivity contribution in [1.29, 1.82) is 0 Å². The molecule has 0 atom stereocenters. The van der Waals surface area contributed by atoms with Gasteiger partial charge in [0.2, 0.25) is 0 Å². The molecule has 4 nitrogen and oxygen atoms in total. The van der Waals surface area contributed by atoms with E-state index in [1.54, 1.807) is 0 Å². The van der Waals surface area contributed by atoms with Crippen molar-refractivity contribution in [2.45, 2.75) is 11.8 Å². The van der Waals surface area contributed by atoms with Crippen LogP contribution in [0.4, 0.5) is 14.5 Å². The standard InChI is InChI=1S/C9H9BrF2N2O2/c1-16-9(15)6-4(2-10)5(13)3-14-7(6)8(11)12/h3,8H,2,13H2,1H3. The van der Waals surface area contributed by atoms with Crippen LogP contribution in [0.3, 0.4) is 0 Å². The first-order valence-electron chi connectivity index (χ1n) is 4.22. The zero-order chi connectivity index (χ0) is 12.3. The van der Waals surface area contributed by atoms with Gasteiger partial charge >= 0.3 is 5.97 Å². The van der Waals surface area contributed by atoms with Crippen molar-refractivity contribution in [2.75, 3.05) is 12.8 Å². The van der Waals surface area contributed by atoms with Gasteiger partial charge in [0.05, 0.1) is 24.6 Å². The molecule has 1 heterocycles. The summed E-state index contributed by atoms with van der Waals surface area (Å²) in [4.78, 5) is 14.9. The molecule has 0 fully saturated rings. The van der Waals surface area contributed by atoms with E-state index in [0.717, 1.165) is 13.3 Å². The van der Waals surface area contributed by atoms with Gasteiger partial charge in [0, 0.05) is 10.9 Å². The number of hydrogen-bond donors (Lipinski definition) is 1. The monoisotopic (exact) mass is 294 g/mol. The van der Waals surface area contributed by atoms with Gasteiger partial charge in [0.15, 0.2) is 0 Å². The van der Waals surface area contributed by atoms with Crippen LogP contribution in [0.25, 0.3) is 0 Å². The number of pyridine rings is 1. The molecule has 0 aromatic carbocycles. The minimum Gasteiger partial charge on any atom is -0.465 e. The van der Waals surface area contributed by atoms with Gasteiger partial charge in [0.1, 0.15) is 5.69 Å². The maximum atomic E-state index is 12.6. The fourth-order valence-electron chi connectivity index (χ4n) is 1.22. The molecular formula is C9H9BrF2N2O2. The van der Waals surface area contributed by atoms with Gasteiger partial charge in [-0.3, -0.25) is 4.98 Å². The summed E-state index contributed by atoms with van der Waals surface area (Å²) in [5.74, 6) is -0.871. The average Bonchev–Trinajstić information content (AvgIpc) is 2.27. The molecule has 0 radical (unpaired) electrons. The lowest BCUT2D eigenvalue weighted by Gasteiger charge is -2.12. The van der Waals surface area contributed by atoms with Gasteiger partial charge in [-0.05, 0) is 0 Å². The van der Waals surface area contributed by atoms with E-state index >= 15 is 0 Å². The normalized spacial score (nSPS) is 10.6. The van der Waals surface area contributed by atoms with Gasteiger partial charge in [0.25, 0.3) is 6.43 Å². The molecule has 1 aromatic rings. The molecule has 0 unspecified atom stereocenters. The largest absolute Gasteiger partial charge is 0.465 e. The number of halogens is 3. The lowest BCUT2D eigenvalue weighted by molar-refractivity contribution is 0.0586. The molecule has 0 spiro atoms. The van der Waals surface area contributed by atoms with Crippen molar-refractivity contribution in [2.24, 2.45) is 0 Å². The minimum atomic E-state index is -2.85. The number of carbonyl (C=O) groups excluding carboxylic acids is 1. The number of anilines is 1. The van der Waals surface area contributed by atoms with E-state index in [1.165, 1.54) is 0 Å². The van der Waals surface area contributed by atoms with E-state index < -0.39 is 18.1 Å². The first-order chi connectivity index (χ1) is 7.52. The summed E-state index contributed by atoms with van der Waals surface area (Å²) < 4.78 is 29.7. The summed E-state index contributed by atoms with van der Waals surface area (Å²) in [6.07, 6.45) is -1.75. The average molecular weight is 295 g/mol. The summed E-state index contributed by atoms with van der Waals surface area (Å²) in [5.41, 5.74) is 5.09. The fourth-order valence-corrected chi connectivity index (χ4v) is 1.82. The van der Waals surface area contributed by atoms with Crippen molar-refractivity contribution >= 4 is 27.6 Å². The van der Waals surface area contributed by atoms with Gasteiger partial charge in [-0.15, -0.1) is 0 Å². The number of hydrogen-bond acceptors (Lipinski definition) is 4. The Kier molecular flexibility index (Phi) is 4.17. The zero-order valence-corrected chi connectivity index (χ0v) is 9.92. The first-order valence-corrected chi connectivity index (χ1v) is 5.34. The third-order valence-corrected chi connectivity index (χ3v) is 2.54. The van der Waals surface area contributed by atoms with Crippen molar-refractivity contribution in [3.8, 4) is 0 Å². The molecule has 0 aliphatic carbocycles. The molecule has 0 saturated carbocycles. The molecular weight excluding hydrogens is 286 g/mol. The summed E-state index contributed by atoms with van der Waals surface area (Å²) in [6, 6.07) is 0. The predicted molar refractivity (Wildman–Crippen MR) is 57.6 cm³/mol. The van der Waals surface area contributed by atoms with Gasteiger partial charge in [-0.2, -0.15) is 0 Å². The highest BCUT2D eigenvalue weighted by atomic mass is 79.9. The summed E-state index contributed by atoms with van der Waals surface area (Å²) in [5, 5.41) is 0.172. The first kappa shape index (κ1) is 12.8. The second-order valence-corrected chi connectivity index (χ2v) is 3.44. The number of carbonyl (C=O) groups is 1. The van der Waals surface area contributed by atoms with Gasteiger partial charge in [-0.25, -0.2) is 13.6 Å². The van der Waals surface area contributed by atoms with E-state index in [4.69, 9.17) is 5.73 Å². The third kappa shape index (κ3) is 2.29. The molecule has 2 N–H and O–H groups in total. The number of aromatic nitrogens is 1. The summed E-state index contributed by atoms with van der Waals surface area (Å²) in [7, 11) is 1.11. The Hall–Kier alpha value is -1.24. The number of rotatable bonds is 3. The Morgan fingerprint density at radius 2 is 2.31 bits per heavy atom. The molecule has 1 aromatic heterocycles. The quantitative estimate of drug-likeness (QED) is 0.686. The van der Waals surface area contributed by atoms with E-state index in [-0.39, 0.29) is 22.1 Å². The molecule has 0 amide bonds. The maximum Gasteiger partial charge on any atom is 0.340 e. The third-order valence-electron chi connectivity index (χ3n) is 1.98. The van der Waals surface area contributed by atoms with Gasteiger partial charge in [-0.1, -0.05) is 15.9 Å². The van der Waals surface area contributed by atoms with Crippen LogP contribution in [0.5, 0.6) is 0 Å². The summed E-state index contributed by atoms with van der Waals surface area (Å²) >= 11 is 3.08. The molecule has 0 bridgehead atoms. The molecule has 0 aliphatic rings. The van der Waals surface area contributed by atoms with E-state index in [1.807, 2.05) is 0 Å². The molecule has 1 rings (SSSR count). The number of nitrogens with two attached hydrogens (primary N) is 1. The Bertz CT molecular complexity index is 413. The minimum absolute atomic E-state index is 0.168. The SMILES string of the molecule is COC(=O)c1c(C(F)F)ncc(N)c1CBr. The second-order valence-electron chi connectivity index (χ2n) is 2.88. The number of alkyl halides is 3. The van der Waals surface area contributed by atoms with Gasteiger partial charge < -0.3 is 10.5 Å². The lowest BCUT2D eigenvalue weighted by atomic mass is 10.1. The molecule has 0 saturated heterocycles. The highest BCUT2D eigenvalue weighted by Gasteiger charge is 2.25. The van der Waals surface area contributed by atoms with Crippen molar-refractivity contribution in [3.63, 3.8) is 0 Å². The summed E-state index contributed by atoms with van der Waals surface area (Å²) in [6.45, 7) is 0. The van der Waals surface area contributed by atoms with Crippen LogP contribution >= 0.6 is 15.9 Å². The van der Waals surface area contributed by atoms with Crippen LogP contribution < -0.4 is 5.73 Å². The molecule has 0 aliphatic heterocycles. The predicted octanol–water partition coefficient (Wildman–Crippen LogP) is 2.28. The van der Waals surface area contributed by atoms with E-state index in [0.29, 0.717) is 0 Å². The van der Waals surface area contributed by atoms with E-state index in [2.05, 4.69) is 25.7 Å². The fraction of sp³-hybridized carbons (Fsp3) is 0.333. The molecule has 88 valence electrons. The smallest absolute Gasteiger partial charge is 0.340 e. The lowest BCUT2D eigenvalue weighted by Crippen LogP contribution is -2.13. The molecule has 7 heteroatoms. The highest BCUT2D eigenvalue weighted by Crippen LogP contribution is 2.28. The van der Waals surface area contributed by atoms with Crippen molar-refractivity contribution in [1.82, 2.24) is 4.98 Å². The van der Waals surface area contributed by atoms with Crippen LogP contribution in [0.1, 0.15) is 28.0 Å². The van der Waals surface area contributed by atoms with Crippen LogP contribution in [0.2, 0.25) is 0 Å². The second kappa shape index (κ2) is 5.20. The number of esters is 1. The van der Waals surface area contributed by atoms with Crippen LogP contribution in [0.15, 0.2) is 6.20 Å². The van der Waals surface area contributed by atoms with Crippen LogP contribution in [0, 0.1) is 0 Å². The number of nitrogens with zero attached hydrogens (tertiary/aromatic N) is 1. The number of ether oxygens (including phenoxy) is 1. The van der Waals surface area contributed by atoms with Crippen LogP contribution in [-0.2, 0) is 10.1 Å². The van der Waals surface area contributed by atoms with Crippen molar-refractivity contribution in [3.05, 3.63) is 23.0 Å². The maximum absolute atomic E-state index is 12.6. The Labute approximate surface area is 98.9 Å². The highest BCUT2D eigenvalue weighted by molar-refractivity contribution is 9.08. The number of methoxy groups -OCH3 is 1. The molecule has 16 heavy (non-hydrogen) atoms. The Morgan fingerprint density at radius 3 is 2.75 bits per heavy atom. The number of nitrogen functional groups attached to an aromatic ring is 1. The Balaban J connectivity index is 3.47. The van der Waals surface area contributed by atoms with E-state index in [9.17, 15) is 13.6 Å². The van der Waals surface area contributed by atoms with Crippen LogP contribution in [-0.4, -0.2) is 18.1 Å². The Morgan fingerprint density at radius 1 is 1.69 bits per heavy atom. The zero-order valence-electron chi connectivity index (χ0n) is 8.34. The topological polar surface area (TPSA) is 65.2 Å². The van der Waals surface area contributed by atoms with Crippen molar-refractivity contribution < 1.29 is 18.3 Å².